The molecular weight excluding hydrogens is 414 g/mol. The number of hydrogen-bond acceptors (Lipinski definition) is 5. The lowest BCUT2D eigenvalue weighted by atomic mass is 9.99. The Morgan fingerprint density at radius 1 is 1.00 bits per heavy atom. The number of aliphatic carboxylic acids is 1. The quantitative estimate of drug-likeness (QED) is 0.560. The highest BCUT2D eigenvalue weighted by atomic mass is 32.2. The Kier molecular flexibility index (Phi) is 6.75. The lowest BCUT2D eigenvalue weighted by molar-refractivity contribution is -0.136. The molecule has 0 unspecified atom stereocenters. The molecule has 2 aromatic carbocycles. The molecule has 1 heterocycles. The number of rotatable bonds is 8. The van der Waals surface area contributed by atoms with Gasteiger partial charge in [0.05, 0.1) is 10.6 Å². The second-order valence-corrected chi connectivity index (χ2v) is 9.58. The first-order valence-corrected chi connectivity index (χ1v) is 11.7. The highest BCUT2D eigenvalue weighted by molar-refractivity contribution is 7.90. The first-order valence-electron chi connectivity index (χ1n) is 9.84. The van der Waals surface area contributed by atoms with E-state index in [0.29, 0.717) is 23.8 Å². The fourth-order valence-corrected chi connectivity index (χ4v) is 4.17. The third kappa shape index (κ3) is 5.92. The van der Waals surface area contributed by atoms with Crippen LogP contribution in [0, 0.1) is 13.8 Å². The second kappa shape index (κ2) is 9.31. The van der Waals surface area contributed by atoms with Gasteiger partial charge in [0.25, 0.3) is 0 Å². The fraction of sp³-hybridized carbons (Fsp3) is 0.250. The number of hydrogen-bond donors (Lipinski definition) is 1. The summed E-state index contributed by atoms with van der Waals surface area (Å²) in [5.74, 6) is -0.340. The lowest BCUT2D eigenvalue weighted by Crippen LogP contribution is -2.02. The van der Waals surface area contributed by atoms with Gasteiger partial charge in [-0.2, -0.15) is 0 Å². The van der Waals surface area contributed by atoms with Crippen molar-refractivity contribution in [3.63, 3.8) is 0 Å². The Balaban J connectivity index is 1.75. The molecule has 0 aliphatic heterocycles. The molecule has 0 saturated heterocycles. The molecule has 0 fully saturated rings. The van der Waals surface area contributed by atoms with Gasteiger partial charge < -0.3 is 9.84 Å². The fourth-order valence-electron chi connectivity index (χ4n) is 3.39. The van der Waals surface area contributed by atoms with E-state index < -0.39 is 15.8 Å². The number of pyridine rings is 1. The highest BCUT2D eigenvalue weighted by Gasteiger charge is 2.14. The summed E-state index contributed by atoms with van der Waals surface area (Å²) in [5, 5.41) is 8.77. The summed E-state index contributed by atoms with van der Waals surface area (Å²) in [4.78, 5) is 15.6. The van der Waals surface area contributed by atoms with E-state index in [2.05, 4.69) is 4.98 Å². The van der Waals surface area contributed by atoms with E-state index in [4.69, 9.17) is 9.84 Å². The number of aryl methyl sites for hydroxylation is 3. The molecule has 0 atom stereocenters. The summed E-state index contributed by atoms with van der Waals surface area (Å²) in [6, 6.07) is 16.5. The minimum Gasteiger partial charge on any atom is -0.481 e. The molecule has 0 aliphatic carbocycles. The van der Waals surface area contributed by atoms with E-state index in [1.54, 1.807) is 18.2 Å². The average Bonchev–Trinajstić information content (AvgIpc) is 2.70. The molecule has 7 heteroatoms. The molecule has 0 amide bonds. The molecular formula is C24H25NO5S. The third-order valence-electron chi connectivity index (χ3n) is 4.95. The molecule has 3 rings (SSSR count). The van der Waals surface area contributed by atoms with Crippen molar-refractivity contribution in [3.8, 4) is 17.1 Å². The molecule has 0 spiro atoms. The van der Waals surface area contributed by atoms with Crippen molar-refractivity contribution in [2.45, 2.75) is 38.2 Å². The number of aromatic nitrogens is 1. The number of carbonyl (C=O) groups is 1. The van der Waals surface area contributed by atoms with Crippen LogP contribution in [0.5, 0.6) is 5.88 Å². The Morgan fingerprint density at radius 3 is 2.19 bits per heavy atom. The Hall–Kier alpha value is -3.19. The molecule has 6 nitrogen and oxygen atoms in total. The molecule has 0 bridgehead atoms. The van der Waals surface area contributed by atoms with Crippen molar-refractivity contribution in [2.75, 3.05) is 6.26 Å². The maximum atomic E-state index is 11.9. The lowest BCUT2D eigenvalue weighted by Gasteiger charge is -2.13. The second-order valence-electron chi connectivity index (χ2n) is 7.56. The largest absolute Gasteiger partial charge is 0.481 e. The van der Waals surface area contributed by atoms with E-state index in [0.717, 1.165) is 33.5 Å². The monoisotopic (exact) mass is 439 g/mol. The maximum absolute atomic E-state index is 11.9. The van der Waals surface area contributed by atoms with Crippen molar-refractivity contribution in [1.82, 2.24) is 4.98 Å². The van der Waals surface area contributed by atoms with E-state index in [1.807, 2.05) is 50.2 Å². The number of benzene rings is 2. The van der Waals surface area contributed by atoms with Gasteiger partial charge in [-0.05, 0) is 60.7 Å². The van der Waals surface area contributed by atoms with Gasteiger partial charge in [-0.15, -0.1) is 0 Å². The SMILES string of the molecule is Cc1cc(S(C)(=O)=O)cc(C)c1-c1cccc(OCc2ccc(CCC(=O)O)cc2)n1. The zero-order chi connectivity index (χ0) is 22.6. The molecule has 1 aromatic heterocycles. The van der Waals surface area contributed by atoms with Crippen molar-refractivity contribution < 1.29 is 23.1 Å². The van der Waals surface area contributed by atoms with Crippen molar-refractivity contribution >= 4 is 15.8 Å². The molecule has 3 aromatic rings. The van der Waals surface area contributed by atoms with E-state index in [9.17, 15) is 13.2 Å². The summed E-state index contributed by atoms with van der Waals surface area (Å²) in [5.41, 5.74) is 5.20. The Bertz CT molecular complexity index is 1180. The van der Waals surface area contributed by atoms with E-state index in [1.165, 1.54) is 6.26 Å². The van der Waals surface area contributed by atoms with Crippen molar-refractivity contribution in [1.29, 1.82) is 0 Å². The molecule has 1 N–H and O–H groups in total. The summed E-state index contributed by atoms with van der Waals surface area (Å²) < 4.78 is 29.6. The highest BCUT2D eigenvalue weighted by Crippen LogP contribution is 2.29. The van der Waals surface area contributed by atoms with Crippen LogP contribution < -0.4 is 4.74 Å². The summed E-state index contributed by atoms with van der Waals surface area (Å²) in [6.07, 6.45) is 1.81. The number of sulfone groups is 1. The van der Waals surface area contributed by atoms with Gasteiger partial charge in [-0.3, -0.25) is 4.79 Å². The van der Waals surface area contributed by atoms with Crippen LogP contribution in [0.15, 0.2) is 59.5 Å². The Labute approximate surface area is 182 Å². The molecule has 0 aliphatic rings. The Morgan fingerprint density at radius 2 is 1.61 bits per heavy atom. The zero-order valence-electron chi connectivity index (χ0n) is 17.8. The van der Waals surface area contributed by atoms with Crippen molar-refractivity contribution in [2.24, 2.45) is 0 Å². The topological polar surface area (TPSA) is 93.6 Å². The summed E-state index contributed by atoms with van der Waals surface area (Å²) in [6.45, 7) is 4.08. The number of carboxylic acids is 1. The first-order chi connectivity index (χ1) is 14.6. The molecule has 31 heavy (non-hydrogen) atoms. The average molecular weight is 440 g/mol. The van der Waals surface area contributed by atoms with Gasteiger partial charge in [0.1, 0.15) is 6.61 Å². The van der Waals surface area contributed by atoms with E-state index >= 15 is 0 Å². The van der Waals surface area contributed by atoms with Gasteiger partial charge in [-0.1, -0.05) is 30.3 Å². The minimum atomic E-state index is -3.28. The van der Waals surface area contributed by atoms with Crippen LogP contribution in [0.4, 0.5) is 0 Å². The van der Waals surface area contributed by atoms with Crippen LogP contribution in [0.25, 0.3) is 11.3 Å². The molecule has 0 radical (unpaired) electrons. The van der Waals surface area contributed by atoms with Gasteiger partial charge in [0.15, 0.2) is 9.84 Å². The molecule has 0 saturated carbocycles. The van der Waals surface area contributed by atoms with Crippen LogP contribution >= 0.6 is 0 Å². The smallest absolute Gasteiger partial charge is 0.303 e. The zero-order valence-corrected chi connectivity index (χ0v) is 18.6. The van der Waals surface area contributed by atoms with Crippen molar-refractivity contribution in [3.05, 3.63) is 76.9 Å². The van der Waals surface area contributed by atoms with Crippen LogP contribution in [-0.4, -0.2) is 30.7 Å². The number of nitrogens with zero attached hydrogens (tertiary/aromatic N) is 1. The van der Waals surface area contributed by atoms with Gasteiger partial charge in [0.2, 0.25) is 5.88 Å². The third-order valence-corrected chi connectivity index (χ3v) is 6.04. The predicted molar refractivity (Wildman–Crippen MR) is 119 cm³/mol. The van der Waals surface area contributed by atoms with Crippen LogP contribution in [0.3, 0.4) is 0 Å². The van der Waals surface area contributed by atoms with Crippen LogP contribution in [0.1, 0.15) is 28.7 Å². The van der Waals surface area contributed by atoms with Gasteiger partial charge >= 0.3 is 5.97 Å². The standard InChI is InChI=1S/C24H25NO5S/c1-16-13-20(31(3,28)29)14-17(2)24(16)21-5-4-6-22(25-21)30-15-19-9-7-18(8-10-19)11-12-23(26)27/h4-10,13-14H,11-12,15H2,1-3H3,(H,26,27). The first kappa shape index (κ1) is 22.5. The van der Waals surface area contributed by atoms with Crippen LogP contribution in [0.2, 0.25) is 0 Å². The van der Waals surface area contributed by atoms with E-state index in [-0.39, 0.29) is 6.42 Å². The minimum absolute atomic E-state index is 0.108. The number of carboxylic acid groups (broad SMARTS) is 1. The number of ether oxygens (including phenoxy) is 1. The normalized spacial score (nSPS) is 11.3. The van der Waals surface area contributed by atoms with Gasteiger partial charge in [-0.25, -0.2) is 13.4 Å². The van der Waals surface area contributed by atoms with Gasteiger partial charge in [0, 0.05) is 24.3 Å². The molecule has 162 valence electrons. The van der Waals surface area contributed by atoms with Crippen LogP contribution in [-0.2, 0) is 27.7 Å². The summed E-state index contributed by atoms with van der Waals surface area (Å²) in [7, 11) is -3.28. The maximum Gasteiger partial charge on any atom is 0.303 e. The summed E-state index contributed by atoms with van der Waals surface area (Å²) >= 11 is 0. The predicted octanol–water partition coefficient (Wildman–Crippen LogP) is 4.37.